The van der Waals surface area contributed by atoms with Gasteiger partial charge in [0, 0.05) is 10.7 Å². The minimum absolute atomic E-state index is 0.240. The monoisotopic (exact) mass is 350 g/mol. The van der Waals surface area contributed by atoms with Crippen molar-refractivity contribution in [3.63, 3.8) is 0 Å². The number of benzene rings is 1. The van der Waals surface area contributed by atoms with Crippen LogP contribution in [0.15, 0.2) is 29.4 Å². The fourth-order valence-corrected chi connectivity index (χ4v) is 3.05. The van der Waals surface area contributed by atoms with Crippen molar-refractivity contribution < 1.29 is 9.53 Å². The summed E-state index contributed by atoms with van der Waals surface area (Å²) >= 11 is 5.83. The van der Waals surface area contributed by atoms with E-state index in [0.717, 1.165) is 37.3 Å². The van der Waals surface area contributed by atoms with Crippen LogP contribution in [0.1, 0.15) is 53.4 Å². The smallest absolute Gasteiger partial charge is 0.280 e. The van der Waals surface area contributed by atoms with E-state index in [0.29, 0.717) is 16.2 Å². The van der Waals surface area contributed by atoms with Crippen LogP contribution in [0.4, 0.5) is 0 Å². The molecule has 4 nitrogen and oxygen atoms in total. The molecule has 0 radical (unpaired) electrons. The highest BCUT2D eigenvalue weighted by atomic mass is 35.5. The van der Waals surface area contributed by atoms with Gasteiger partial charge in [-0.25, -0.2) is 5.43 Å². The third-order valence-electron chi connectivity index (χ3n) is 4.61. The number of hydrazone groups is 1. The Labute approximate surface area is 149 Å². The van der Waals surface area contributed by atoms with Gasteiger partial charge in [0.2, 0.25) is 0 Å². The van der Waals surface area contributed by atoms with E-state index in [1.807, 2.05) is 0 Å². The number of amides is 1. The minimum Gasteiger partial charge on any atom is -0.481 e. The summed E-state index contributed by atoms with van der Waals surface area (Å²) in [7, 11) is 0. The summed E-state index contributed by atoms with van der Waals surface area (Å²) in [6.07, 6.45) is 3.56. The van der Waals surface area contributed by atoms with Crippen LogP contribution in [0, 0.1) is 11.3 Å². The molecular weight excluding hydrogens is 324 g/mol. The number of rotatable bonds is 4. The molecule has 0 aromatic heterocycles. The van der Waals surface area contributed by atoms with Crippen molar-refractivity contribution in [2.45, 2.75) is 59.5 Å². The molecule has 1 atom stereocenters. The van der Waals surface area contributed by atoms with Gasteiger partial charge in [0.1, 0.15) is 5.75 Å². The van der Waals surface area contributed by atoms with Gasteiger partial charge in [-0.05, 0) is 68.2 Å². The Bertz CT molecular complexity index is 580. The second-order valence-corrected chi connectivity index (χ2v) is 7.94. The zero-order chi connectivity index (χ0) is 17.7. The van der Waals surface area contributed by atoms with Crippen LogP contribution in [0.5, 0.6) is 5.75 Å². The third-order valence-corrected chi connectivity index (χ3v) is 4.86. The maximum atomic E-state index is 12.1. The van der Waals surface area contributed by atoms with E-state index >= 15 is 0 Å². The van der Waals surface area contributed by atoms with E-state index < -0.39 is 6.10 Å². The molecule has 1 aromatic carbocycles. The molecule has 0 heterocycles. The molecule has 1 saturated carbocycles. The van der Waals surface area contributed by atoms with Crippen LogP contribution >= 0.6 is 11.6 Å². The lowest BCUT2D eigenvalue weighted by atomic mass is 9.72. The third kappa shape index (κ3) is 5.52. The quantitative estimate of drug-likeness (QED) is 0.792. The largest absolute Gasteiger partial charge is 0.481 e. The Kier molecular flexibility index (Phi) is 6.27. The highest BCUT2D eigenvalue weighted by Gasteiger charge is 2.28. The van der Waals surface area contributed by atoms with Crippen LogP contribution in [0.25, 0.3) is 0 Å². The molecule has 1 aliphatic carbocycles. The van der Waals surface area contributed by atoms with E-state index in [1.165, 1.54) is 0 Å². The Morgan fingerprint density at radius 3 is 2.38 bits per heavy atom. The summed E-state index contributed by atoms with van der Waals surface area (Å²) in [4.78, 5) is 12.1. The normalized spacial score (nSPS) is 19.5. The number of ether oxygens (including phenoxy) is 1. The summed E-state index contributed by atoms with van der Waals surface area (Å²) in [6.45, 7) is 8.58. The first kappa shape index (κ1) is 18.8. The fraction of sp³-hybridized carbons (Fsp3) is 0.579. The number of hydrogen-bond acceptors (Lipinski definition) is 3. The maximum absolute atomic E-state index is 12.1. The molecule has 1 aromatic rings. The van der Waals surface area contributed by atoms with Gasteiger partial charge in [-0.1, -0.05) is 32.4 Å². The second-order valence-electron chi connectivity index (χ2n) is 7.51. The standard InChI is InChI=1S/C19H27ClN2O2/c1-13(24-17-11-7-15(20)8-12-17)18(23)22-21-16-9-5-14(6-10-16)19(2,3)4/h7-8,11-14H,5-6,9-10H2,1-4H3,(H,22,23)/t13-,14?/m0/s1. The molecule has 132 valence electrons. The minimum atomic E-state index is -0.610. The first-order valence-corrected chi connectivity index (χ1v) is 8.91. The molecule has 0 bridgehead atoms. The van der Waals surface area contributed by atoms with Crippen molar-refractivity contribution in [2.75, 3.05) is 0 Å². The topological polar surface area (TPSA) is 50.7 Å². The highest BCUT2D eigenvalue weighted by Crippen LogP contribution is 2.36. The molecule has 2 rings (SSSR count). The molecule has 5 heteroatoms. The van der Waals surface area contributed by atoms with Gasteiger partial charge in [-0.3, -0.25) is 4.79 Å². The van der Waals surface area contributed by atoms with Gasteiger partial charge >= 0.3 is 0 Å². The van der Waals surface area contributed by atoms with E-state index in [-0.39, 0.29) is 5.91 Å². The van der Waals surface area contributed by atoms with Crippen LogP contribution in [-0.2, 0) is 4.79 Å². The summed E-state index contributed by atoms with van der Waals surface area (Å²) in [5, 5.41) is 4.93. The summed E-state index contributed by atoms with van der Waals surface area (Å²) < 4.78 is 5.59. The molecule has 1 N–H and O–H groups in total. The number of halogens is 1. The number of carbonyl (C=O) groups is 1. The van der Waals surface area contributed by atoms with Crippen molar-refractivity contribution >= 4 is 23.2 Å². The Hall–Kier alpha value is -1.55. The van der Waals surface area contributed by atoms with Crippen LogP contribution in [-0.4, -0.2) is 17.7 Å². The van der Waals surface area contributed by atoms with Crippen molar-refractivity contribution in [2.24, 2.45) is 16.4 Å². The number of hydrogen-bond donors (Lipinski definition) is 1. The molecule has 1 fully saturated rings. The van der Waals surface area contributed by atoms with Gasteiger partial charge in [0.15, 0.2) is 6.10 Å². The summed E-state index contributed by atoms with van der Waals surface area (Å²) in [6, 6.07) is 6.95. The Morgan fingerprint density at radius 2 is 1.83 bits per heavy atom. The molecule has 24 heavy (non-hydrogen) atoms. The average molecular weight is 351 g/mol. The lowest BCUT2D eigenvalue weighted by Gasteiger charge is -2.34. The van der Waals surface area contributed by atoms with Crippen molar-refractivity contribution in [1.29, 1.82) is 0 Å². The van der Waals surface area contributed by atoms with Gasteiger partial charge in [0.25, 0.3) is 5.91 Å². The molecule has 0 spiro atoms. The Balaban J connectivity index is 1.81. The van der Waals surface area contributed by atoms with Gasteiger partial charge in [-0.15, -0.1) is 0 Å². The van der Waals surface area contributed by atoms with Crippen LogP contribution in [0.3, 0.4) is 0 Å². The van der Waals surface area contributed by atoms with Crippen molar-refractivity contribution in [1.82, 2.24) is 5.43 Å². The van der Waals surface area contributed by atoms with Crippen LogP contribution in [0.2, 0.25) is 5.02 Å². The van der Waals surface area contributed by atoms with Crippen molar-refractivity contribution in [3.8, 4) is 5.75 Å². The van der Waals surface area contributed by atoms with Gasteiger partial charge in [0.05, 0.1) is 0 Å². The Morgan fingerprint density at radius 1 is 1.25 bits per heavy atom. The van der Waals surface area contributed by atoms with E-state index in [2.05, 4.69) is 31.3 Å². The first-order valence-electron chi connectivity index (χ1n) is 8.53. The number of nitrogens with zero attached hydrogens (tertiary/aromatic N) is 1. The van der Waals surface area contributed by atoms with E-state index in [9.17, 15) is 4.79 Å². The fourth-order valence-electron chi connectivity index (χ4n) is 2.92. The highest BCUT2D eigenvalue weighted by molar-refractivity contribution is 6.30. The summed E-state index contributed by atoms with van der Waals surface area (Å²) in [5.41, 5.74) is 4.05. The van der Waals surface area contributed by atoms with Crippen LogP contribution < -0.4 is 10.2 Å². The molecule has 0 saturated heterocycles. The first-order chi connectivity index (χ1) is 11.3. The van der Waals surface area contributed by atoms with Crippen molar-refractivity contribution in [3.05, 3.63) is 29.3 Å². The molecule has 0 unspecified atom stereocenters. The second kappa shape index (κ2) is 8.02. The predicted octanol–water partition coefficient (Wildman–Crippen LogP) is 4.82. The predicted molar refractivity (Wildman–Crippen MR) is 98.5 cm³/mol. The SMILES string of the molecule is C[C@H](Oc1ccc(Cl)cc1)C(=O)NN=C1CCC(C(C)(C)C)CC1. The zero-order valence-electron chi connectivity index (χ0n) is 14.9. The maximum Gasteiger partial charge on any atom is 0.280 e. The molecule has 1 amide bonds. The number of carbonyl (C=O) groups excluding carboxylic acids is 1. The van der Waals surface area contributed by atoms with E-state index in [1.54, 1.807) is 31.2 Å². The summed E-state index contributed by atoms with van der Waals surface area (Å²) in [5.74, 6) is 1.09. The molecular formula is C19H27ClN2O2. The molecule has 1 aliphatic rings. The molecule has 0 aliphatic heterocycles. The van der Waals surface area contributed by atoms with Gasteiger partial charge < -0.3 is 4.74 Å². The zero-order valence-corrected chi connectivity index (χ0v) is 15.7. The number of nitrogens with one attached hydrogen (secondary N) is 1. The lowest BCUT2D eigenvalue weighted by molar-refractivity contribution is -0.127. The van der Waals surface area contributed by atoms with E-state index in [4.69, 9.17) is 16.3 Å². The average Bonchev–Trinajstić information content (AvgIpc) is 2.54. The van der Waals surface area contributed by atoms with Gasteiger partial charge in [-0.2, -0.15) is 5.10 Å². The lowest BCUT2D eigenvalue weighted by Crippen LogP contribution is -2.34.